The molecule has 0 aliphatic carbocycles. The summed E-state index contributed by atoms with van der Waals surface area (Å²) in [6.45, 7) is 5.14. The van der Waals surface area contributed by atoms with Crippen molar-refractivity contribution >= 4 is 22.6 Å². The molecule has 1 aliphatic heterocycles. The van der Waals surface area contributed by atoms with Crippen molar-refractivity contribution in [2.45, 2.75) is 107 Å². The Bertz CT molecular complexity index is 248. The Kier molecular flexibility index (Phi) is 12.3. The van der Waals surface area contributed by atoms with Gasteiger partial charge in [-0.25, -0.2) is 0 Å². The van der Waals surface area contributed by atoms with Crippen LogP contribution >= 0.6 is 22.6 Å². The van der Waals surface area contributed by atoms with E-state index in [9.17, 15) is 0 Å². The predicted octanol–water partition coefficient (Wildman–Crippen LogP) is 7.08. The summed E-state index contributed by atoms with van der Waals surface area (Å²) < 4.78 is 2.21. The highest BCUT2D eigenvalue weighted by Gasteiger charge is 2.33. The molecule has 1 heterocycles. The van der Waals surface area contributed by atoms with Gasteiger partial charge in [-0.15, -0.1) is 0 Å². The molecule has 0 amide bonds. The maximum Gasteiger partial charge on any atom is 0.139 e. The minimum absolute atomic E-state index is 0.864. The fraction of sp³-hybridized carbons (Fsp3) is 1.00. The second-order valence-corrected chi connectivity index (χ2v) is 9.18. The van der Waals surface area contributed by atoms with Gasteiger partial charge in [-0.2, -0.15) is 0 Å². The number of nitrogens with zero attached hydrogens (tertiary/aromatic N) is 1. The molecule has 0 aromatic rings. The van der Waals surface area contributed by atoms with Gasteiger partial charge < -0.3 is 4.48 Å². The predicted molar refractivity (Wildman–Crippen MR) is 109 cm³/mol. The molecule has 0 spiro atoms. The summed E-state index contributed by atoms with van der Waals surface area (Å²) in [7, 11) is 2.48. The molecular formula is C20H41IN+. The molecule has 1 aliphatic rings. The average Bonchev–Trinajstić information content (AvgIpc) is 2.96. The van der Waals surface area contributed by atoms with Crippen LogP contribution in [0.15, 0.2) is 0 Å². The quantitative estimate of drug-likeness (QED) is 0.0923. The zero-order valence-corrected chi connectivity index (χ0v) is 17.6. The summed E-state index contributed by atoms with van der Waals surface area (Å²) >= 11 is 2.73. The minimum Gasteiger partial charge on any atom is -0.316 e. The van der Waals surface area contributed by atoms with Crippen LogP contribution in [0.25, 0.3) is 0 Å². The van der Waals surface area contributed by atoms with E-state index < -0.39 is 0 Å². The zero-order chi connectivity index (χ0) is 16.1. The van der Waals surface area contributed by atoms with Crippen LogP contribution in [-0.4, -0.2) is 28.7 Å². The number of rotatable bonds is 14. The number of halogens is 1. The van der Waals surface area contributed by atoms with Gasteiger partial charge in [0.05, 0.1) is 20.1 Å². The molecular weight excluding hydrogens is 381 g/mol. The molecule has 1 unspecified atom stereocenters. The Hall–Kier alpha value is 0.690. The van der Waals surface area contributed by atoms with Crippen molar-refractivity contribution in [1.29, 1.82) is 0 Å². The number of alkyl halides is 1. The highest BCUT2D eigenvalue weighted by Crippen LogP contribution is 2.28. The number of hydrogen-bond donors (Lipinski definition) is 0. The van der Waals surface area contributed by atoms with Crippen molar-refractivity contribution in [3.05, 3.63) is 0 Å². The molecule has 0 saturated carbocycles. The summed E-state index contributed by atoms with van der Waals surface area (Å²) in [4.78, 5) is 0. The van der Waals surface area contributed by atoms with Crippen molar-refractivity contribution in [3.63, 3.8) is 0 Å². The first-order chi connectivity index (χ1) is 10.7. The van der Waals surface area contributed by atoms with Crippen LogP contribution in [0.2, 0.25) is 0 Å². The van der Waals surface area contributed by atoms with E-state index in [0.717, 1.165) is 4.05 Å². The molecule has 0 radical (unpaired) electrons. The molecule has 1 fully saturated rings. The van der Waals surface area contributed by atoms with Crippen LogP contribution in [0.1, 0.15) is 103 Å². The summed E-state index contributed by atoms with van der Waals surface area (Å²) in [5.74, 6) is 0. The molecule has 1 rings (SSSR count). The molecule has 22 heavy (non-hydrogen) atoms. The summed E-state index contributed by atoms with van der Waals surface area (Å²) in [6, 6.07) is 0. The van der Waals surface area contributed by atoms with Crippen LogP contribution in [-0.2, 0) is 0 Å². The van der Waals surface area contributed by atoms with Crippen LogP contribution in [0.5, 0.6) is 0 Å². The Morgan fingerprint density at radius 3 is 1.59 bits per heavy atom. The van der Waals surface area contributed by atoms with E-state index in [0.29, 0.717) is 0 Å². The molecule has 0 N–H and O–H groups in total. The van der Waals surface area contributed by atoms with Crippen molar-refractivity contribution in [2.24, 2.45) is 0 Å². The fourth-order valence-electron chi connectivity index (χ4n) is 3.80. The highest BCUT2D eigenvalue weighted by atomic mass is 127. The SMILES string of the molecule is CCCCCCCCCCCCCCC(I)[N+]1(C)CCCC1. The fourth-order valence-corrected chi connectivity index (χ4v) is 4.80. The standard InChI is InChI=1S/C20H41IN/c1-3-4-5-6-7-8-9-10-11-12-13-14-17-20(21)22(2)18-15-16-19-22/h20H,3-19H2,1-2H3/q+1. The summed E-state index contributed by atoms with van der Waals surface area (Å²) in [5, 5.41) is 0. The summed E-state index contributed by atoms with van der Waals surface area (Å²) in [5.41, 5.74) is 0. The molecule has 1 saturated heterocycles. The number of hydrogen-bond acceptors (Lipinski definition) is 0. The van der Waals surface area contributed by atoms with Gasteiger partial charge in [0.15, 0.2) is 0 Å². The van der Waals surface area contributed by atoms with Gasteiger partial charge in [0.2, 0.25) is 0 Å². The van der Waals surface area contributed by atoms with Crippen molar-refractivity contribution in [3.8, 4) is 0 Å². The van der Waals surface area contributed by atoms with E-state index in [-0.39, 0.29) is 0 Å². The molecule has 0 aromatic heterocycles. The first kappa shape index (κ1) is 20.7. The van der Waals surface area contributed by atoms with Crippen LogP contribution in [0.4, 0.5) is 0 Å². The zero-order valence-electron chi connectivity index (χ0n) is 15.4. The van der Waals surface area contributed by atoms with E-state index >= 15 is 0 Å². The second-order valence-electron chi connectivity index (χ2n) is 7.75. The maximum atomic E-state index is 2.73. The van der Waals surface area contributed by atoms with Gasteiger partial charge in [0, 0.05) is 19.3 Å². The molecule has 1 nitrogen and oxygen atoms in total. The number of likely N-dealkylation sites (tertiary alicyclic amines) is 1. The first-order valence-corrected chi connectivity index (χ1v) is 11.4. The second kappa shape index (κ2) is 13.0. The lowest BCUT2D eigenvalue weighted by atomic mass is 10.0. The van der Waals surface area contributed by atoms with E-state index in [2.05, 4.69) is 36.6 Å². The molecule has 132 valence electrons. The van der Waals surface area contributed by atoms with Gasteiger partial charge in [-0.1, -0.05) is 77.6 Å². The lowest BCUT2D eigenvalue weighted by molar-refractivity contribution is -0.903. The van der Waals surface area contributed by atoms with Crippen molar-refractivity contribution in [1.82, 2.24) is 0 Å². The van der Waals surface area contributed by atoms with Gasteiger partial charge in [0.25, 0.3) is 0 Å². The largest absolute Gasteiger partial charge is 0.316 e. The van der Waals surface area contributed by atoms with Gasteiger partial charge in [0.1, 0.15) is 4.05 Å². The Morgan fingerprint density at radius 1 is 0.727 bits per heavy atom. The van der Waals surface area contributed by atoms with Crippen LogP contribution < -0.4 is 0 Å². The van der Waals surface area contributed by atoms with Gasteiger partial charge in [-0.05, 0) is 29.0 Å². The Morgan fingerprint density at radius 2 is 1.14 bits per heavy atom. The van der Waals surface area contributed by atoms with E-state index in [4.69, 9.17) is 0 Å². The van der Waals surface area contributed by atoms with Gasteiger partial charge in [-0.3, -0.25) is 0 Å². The Balaban J connectivity index is 1.82. The van der Waals surface area contributed by atoms with Crippen molar-refractivity contribution < 1.29 is 4.48 Å². The van der Waals surface area contributed by atoms with E-state index in [1.165, 1.54) is 114 Å². The molecule has 0 bridgehead atoms. The minimum atomic E-state index is 0.864. The number of quaternary nitrogens is 1. The third-order valence-corrected chi connectivity index (χ3v) is 7.53. The van der Waals surface area contributed by atoms with Crippen LogP contribution in [0.3, 0.4) is 0 Å². The summed E-state index contributed by atoms with van der Waals surface area (Å²) in [6.07, 6.45) is 21.9. The Labute approximate surface area is 154 Å². The smallest absolute Gasteiger partial charge is 0.139 e. The topological polar surface area (TPSA) is 0 Å². The maximum absolute atomic E-state index is 2.73. The number of unbranched alkanes of at least 4 members (excludes halogenated alkanes) is 11. The molecule has 2 heteroatoms. The average molecular weight is 422 g/mol. The normalized spacial score (nSPS) is 18.7. The van der Waals surface area contributed by atoms with E-state index in [1.54, 1.807) is 0 Å². The van der Waals surface area contributed by atoms with Crippen molar-refractivity contribution in [2.75, 3.05) is 20.1 Å². The van der Waals surface area contributed by atoms with Crippen LogP contribution in [0, 0.1) is 0 Å². The monoisotopic (exact) mass is 422 g/mol. The van der Waals surface area contributed by atoms with Gasteiger partial charge >= 0.3 is 0 Å². The highest BCUT2D eigenvalue weighted by molar-refractivity contribution is 14.1. The lowest BCUT2D eigenvalue weighted by Gasteiger charge is -2.34. The molecule has 1 atom stereocenters. The lowest BCUT2D eigenvalue weighted by Crippen LogP contribution is -2.46. The first-order valence-electron chi connectivity index (χ1n) is 10.2. The van der Waals surface area contributed by atoms with E-state index in [1.807, 2.05) is 0 Å². The third kappa shape index (κ3) is 9.10. The third-order valence-electron chi connectivity index (χ3n) is 5.56. The molecule has 0 aromatic carbocycles.